The van der Waals surface area contributed by atoms with E-state index in [0.717, 1.165) is 0 Å². The minimum Gasteiger partial charge on any atom is -0.379 e. The first-order valence-electron chi connectivity index (χ1n) is 2.20. The van der Waals surface area contributed by atoms with Gasteiger partial charge in [0.15, 0.2) is 0 Å². The van der Waals surface area contributed by atoms with E-state index in [1.165, 1.54) is 0 Å². The number of hydrogen-bond acceptors (Lipinski definition) is 2. The summed E-state index contributed by atoms with van der Waals surface area (Å²) in [6.07, 6.45) is 0.102. The Labute approximate surface area is 44.4 Å². The monoisotopic (exact) mass is 103 g/mol. The van der Waals surface area contributed by atoms with Crippen LogP contribution in [0, 0.1) is 6.61 Å². The van der Waals surface area contributed by atoms with Crippen molar-refractivity contribution in [3.8, 4) is 0 Å². The number of hydrogen-bond donors (Lipinski definition) is 0. The maximum atomic E-state index is 4.81. The standard InChI is InChI=1S/C5H11O2/c1-5(7-3)4-6-2/h4-5H,1-3H3. The van der Waals surface area contributed by atoms with Crippen molar-refractivity contribution in [1.29, 1.82) is 0 Å². The summed E-state index contributed by atoms with van der Waals surface area (Å²) in [6, 6.07) is 0. The molecule has 0 aliphatic carbocycles. The Bertz CT molecular complexity index is 37.1. The Morgan fingerprint density at radius 2 is 2.00 bits per heavy atom. The van der Waals surface area contributed by atoms with Gasteiger partial charge in [0.1, 0.15) is 6.61 Å². The molecule has 2 nitrogen and oxygen atoms in total. The van der Waals surface area contributed by atoms with Crippen molar-refractivity contribution < 1.29 is 9.47 Å². The van der Waals surface area contributed by atoms with E-state index in [4.69, 9.17) is 4.74 Å². The quantitative estimate of drug-likeness (QED) is 0.526. The summed E-state index contributed by atoms with van der Waals surface area (Å²) in [5.41, 5.74) is 0. The van der Waals surface area contributed by atoms with Gasteiger partial charge in [-0.15, -0.1) is 0 Å². The fourth-order valence-corrected chi connectivity index (χ4v) is 0.247. The molecule has 7 heavy (non-hydrogen) atoms. The second-order valence-electron chi connectivity index (χ2n) is 1.31. The molecule has 1 unspecified atom stereocenters. The van der Waals surface area contributed by atoms with Gasteiger partial charge in [-0.05, 0) is 6.92 Å². The van der Waals surface area contributed by atoms with Crippen LogP contribution in [0.2, 0.25) is 0 Å². The molecule has 0 rings (SSSR count). The second kappa shape index (κ2) is 4.09. The largest absolute Gasteiger partial charge is 0.379 e. The van der Waals surface area contributed by atoms with Gasteiger partial charge in [0.05, 0.1) is 6.10 Å². The highest BCUT2D eigenvalue weighted by Crippen LogP contribution is 1.90. The zero-order chi connectivity index (χ0) is 5.70. The van der Waals surface area contributed by atoms with Crippen LogP contribution in [0.3, 0.4) is 0 Å². The molecule has 0 aromatic carbocycles. The minimum atomic E-state index is 0.102. The Hall–Kier alpha value is -0.0800. The van der Waals surface area contributed by atoms with Crippen LogP contribution in [0.4, 0.5) is 0 Å². The van der Waals surface area contributed by atoms with Crippen LogP contribution in [-0.4, -0.2) is 20.3 Å². The van der Waals surface area contributed by atoms with Crippen LogP contribution in [-0.2, 0) is 9.47 Å². The maximum absolute atomic E-state index is 4.81. The van der Waals surface area contributed by atoms with Gasteiger partial charge in [0.2, 0.25) is 0 Å². The lowest BCUT2D eigenvalue weighted by Crippen LogP contribution is -2.05. The summed E-state index contributed by atoms with van der Waals surface area (Å²) in [6.45, 7) is 3.53. The zero-order valence-corrected chi connectivity index (χ0v) is 4.97. The lowest BCUT2D eigenvalue weighted by atomic mass is 10.4. The number of methoxy groups -OCH3 is 2. The van der Waals surface area contributed by atoms with Crippen molar-refractivity contribution in [2.45, 2.75) is 13.0 Å². The van der Waals surface area contributed by atoms with Gasteiger partial charge < -0.3 is 9.47 Å². The molecule has 0 fully saturated rings. The van der Waals surface area contributed by atoms with E-state index in [2.05, 4.69) is 4.74 Å². The molecule has 0 saturated carbocycles. The molecular formula is C5H11O2. The normalized spacial score (nSPS) is 14.1. The average molecular weight is 103 g/mol. The third-order valence-corrected chi connectivity index (χ3v) is 0.700. The van der Waals surface area contributed by atoms with Crippen LogP contribution in [0.5, 0.6) is 0 Å². The molecule has 0 aromatic rings. The molecule has 0 spiro atoms. The van der Waals surface area contributed by atoms with Crippen LogP contribution in [0.25, 0.3) is 0 Å². The minimum absolute atomic E-state index is 0.102. The summed E-state index contributed by atoms with van der Waals surface area (Å²) < 4.78 is 9.45. The van der Waals surface area contributed by atoms with Crippen molar-refractivity contribution in [2.75, 3.05) is 14.2 Å². The van der Waals surface area contributed by atoms with E-state index in [1.807, 2.05) is 6.92 Å². The van der Waals surface area contributed by atoms with Crippen molar-refractivity contribution in [3.63, 3.8) is 0 Å². The summed E-state index contributed by atoms with van der Waals surface area (Å²) in [5, 5.41) is 0. The molecule has 2 heteroatoms. The summed E-state index contributed by atoms with van der Waals surface area (Å²) in [7, 11) is 3.25. The Kier molecular flexibility index (Phi) is 4.04. The molecule has 0 heterocycles. The van der Waals surface area contributed by atoms with E-state index >= 15 is 0 Å². The highest BCUT2D eigenvalue weighted by Gasteiger charge is 1.94. The molecule has 43 valence electrons. The van der Waals surface area contributed by atoms with E-state index in [1.54, 1.807) is 20.8 Å². The van der Waals surface area contributed by atoms with Crippen LogP contribution in [0.1, 0.15) is 6.92 Å². The van der Waals surface area contributed by atoms with Crippen molar-refractivity contribution in [2.24, 2.45) is 0 Å². The summed E-state index contributed by atoms with van der Waals surface area (Å²) in [4.78, 5) is 0. The summed E-state index contributed by atoms with van der Waals surface area (Å²) in [5.74, 6) is 0. The number of ether oxygens (including phenoxy) is 2. The van der Waals surface area contributed by atoms with Crippen molar-refractivity contribution in [1.82, 2.24) is 0 Å². The second-order valence-corrected chi connectivity index (χ2v) is 1.31. The van der Waals surface area contributed by atoms with E-state index in [0.29, 0.717) is 0 Å². The molecule has 1 radical (unpaired) electrons. The average Bonchev–Trinajstić information content (AvgIpc) is 1.68. The van der Waals surface area contributed by atoms with Crippen LogP contribution in [0.15, 0.2) is 0 Å². The molecule has 0 aliphatic rings. The topological polar surface area (TPSA) is 18.5 Å². The number of rotatable bonds is 3. The lowest BCUT2D eigenvalue weighted by molar-refractivity contribution is 0.0841. The Balaban J connectivity index is 2.83. The smallest absolute Gasteiger partial charge is 0.112 e. The van der Waals surface area contributed by atoms with Gasteiger partial charge >= 0.3 is 0 Å². The van der Waals surface area contributed by atoms with Gasteiger partial charge in [0, 0.05) is 14.2 Å². The summed E-state index contributed by atoms with van der Waals surface area (Å²) >= 11 is 0. The van der Waals surface area contributed by atoms with Gasteiger partial charge in [0.25, 0.3) is 0 Å². The van der Waals surface area contributed by atoms with Gasteiger partial charge in [-0.25, -0.2) is 0 Å². The van der Waals surface area contributed by atoms with Crippen LogP contribution < -0.4 is 0 Å². The van der Waals surface area contributed by atoms with Crippen LogP contribution >= 0.6 is 0 Å². The SMILES string of the molecule is CO[CH]C(C)OC. The lowest BCUT2D eigenvalue weighted by Gasteiger charge is -2.04. The molecule has 0 bridgehead atoms. The zero-order valence-electron chi connectivity index (χ0n) is 4.97. The first kappa shape index (κ1) is 6.92. The van der Waals surface area contributed by atoms with Gasteiger partial charge in [-0.2, -0.15) is 0 Å². The first-order valence-corrected chi connectivity index (χ1v) is 2.20. The van der Waals surface area contributed by atoms with E-state index in [-0.39, 0.29) is 6.10 Å². The van der Waals surface area contributed by atoms with Gasteiger partial charge in [-0.1, -0.05) is 0 Å². The Morgan fingerprint density at radius 3 is 2.14 bits per heavy atom. The highest BCUT2D eigenvalue weighted by molar-refractivity contribution is 4.57. The predicted octanol–water partition coefficient (Wildman–Crippen LogP) is 0.829. The molecule has 0 aliphatic heterocycles. The highest BCUT2D eigenvalue weighted by atomic mass is 16.5. The molecule has 1 atom stereocenters. The molecule has 0 saturated heterocycles. The molecule has 0 N–H and O–H groups in total. The van der Waals surface area contributed by atoms with Gasteiger partial charge in [-0.3, -0.25) is 0 Å². The van der Waals surface area contributed by atoms with Crippen molar-refractivity contribution >= 4 is 0 Å². The Morgan fingerprint density at radius 1 is 1.43 bits per heavy atom. The third kappa shape index (κ3) is 3.76. The maximum Gasteiger partial charge on any atom is 0.112 e. The molecule has 0 aromatic heterocycles. The first-order chi connectivity index (χ1) is 3.31. The fraction of sp³-hybridized carbons (Fsp3) is 0.800. The van der Waals surface area contributed by atoms with Crippen molar-refractivity contribution in [3.05, 3.63) is 6.61 Å². The fourth-order valence-electron chi connectivity index (χ4n) is 0.247. The predicted molar refractivity (Wildman–Crippen MR) is 27.8 cm³/mol. The molecular weight excluding hydrogens is 92.1 g/mol. The van der Waals surface area contributed by atoms with E-state index in [9.17, 15) is 0 Å². The van der Waals surface area contributed by atoms with E-state index < -0.39 is 0 Å². The third-order valence-electron chi connectivity index (χ3n) is 0.700. The molecule has 0 amide bonds.